The lowest BCUT2D eigenvalue weighted by atomic mass is 9.83. The number of nitrogens with one attached hydrogen (secondary N) is 1. The molecule has 0 bridgehead atoms. The van der Waals surface area contributed by atoms with Gasteiger partial charge in [0.2, 0.25) is 0 Å². The number of rotatable bonds is 3. The summed E-state index contributed by atoms with van der Waals surface area (Å²) in [6.45, 7) is 1.57. The molecule has 0 radical (unpaired) electrons. The molecule has 3 N–H and O–H groups in total. The average molecular weight is 282 g/mol. The minimum absolute atomic E-state index is 0.275. The van der Waals surface area contributed by atoms with E-state index >= 15 is 0 Å². The van der Waals surface area contributed by atoms with Crippen molar-refractivity contribution in [1.82, 2.24) is 5.43 Å². The minimum atomic E-state index is -0.756. The van der Waals surface area contributed by atoms with Crippen LogP contribution in [0.3, 0.4) is 0 Å². The van der Waals surface area contributed by atoms with Gasteiger partial charge in [0, 0.05) is 5.56 Å². The van der Waals surface area contributed by atoms with E-state index in [1.165, 1.54) is 19.3 Å². The van der Waals surface area contributed by atoms with Crippen LogP contribution in [0, 0.1) is 24.5 Å². The molecule has 1 aromatic carbocycles. The van der Waals surface area contributed by atoms with Gasteiger partial charge in [-0.15, -0.1) is 0 Å². The van der Waals surface area contributed by atoms with Crippen LogP contribution in [0.1, 0.15) is 62.1 Å². The number of aryl methyl sites for hydroxylation is 1. The lowest BCUT2D eigenvalue weighted by Gasteiger charge is -2.29. The van der Waals surface area contributed by atoms with Gasteiger partial charge in [-0.1, -0.05) is 44.2 Å². The van der Waals surface area contributed by atoms with Crippen LogP contribution in [0.25, 0.3) is 0 Å². The first-order chi connectivity index (χ1) is 9.65. The Bertz CT molecular complexity index is 440. The van der Waals surface area contributed by atoms with Gasteiger partial charge in [0.25, 0.3) is 0 Å². The first kappa shape index (κ1) is 15.4. The van der Waals surface area contributed by atoms with E-state index in [1.54, 1.807) is 19.1 Å². The predicted molar refractivity (Wildman–Crippen MR) is 77.0 cm³/mol. The van der Waals surface area contributed by atoms with Crippen LogP contribution in [0.4, 0.5) is 8.78 Å². The van der Waals surface area contributed by atoms with Gasteiger partial charge in [0.05, 0.1) is 6.04 Å². The fourth-order valence-corrected chi connectivity index (χ4v) is 3.20. The van der Waals surface area contributed by atoms with Gasteiger partial charge in [0.1, 0.15) is 0 Å². The molecule has 1 unspecified atom stereocenters. The molecular formula is C16H24F2N2. The highest BCUT2D eigenvalue weighted by atomic mass is 19.2. The molecule has 1 aliphatic rings. The molecule has 0 aromatic heterocycles. The summed E-state index contributed by atoms with van der Waals surface area (Å²) in [7, 11) is 0. The van der Waals surface area contributed by atoms with Crippen molar-refractivity contribution in [1.29, 1.82) is 0 Å². The van der Waals surface area contributed by atoms with Crippen molar-refractivity contribution in [2.45, 2.75) is 57.9 Å². The van der Waals surface area contributed by atoms with Crippen molar-refractivity contribution in [2.24, 2.45) is 11.8 Å². The van der Waals surface area contributed by atoms with Gasteiger partial charge in [0.15, 0.2) is 11.6 Å². The third kappa shape index (κ3) is 3.36. The minimum Gasteiger partial charge on any atom is -0.271 e. The zero-order valence-corrected chi connectivity index (χ0v) is 12.1. The maximum Gasteiger partial charge on any atom is 0.163 e. The molecule has 2 rings (SSSR count). The molecule has 1 aromatic rings. The van der Waals surface area contributed by atoms with E-state index in [1.807, 2.05) is 0 Å². The molecule has 1 atom stereocenters. The SMILES string of the molecule is Cc1ccc(C(NN)C2CCCCCCC2)c(F)c1F. The van der Waals surface area contributed by atoms with Crippen molar-refractivity contribution in [3.63, 3.8) is 0 Å². The van der Waals surface area contributed by atoms with E-state index in [-0.39, 0.29) is 12.0 Å². The molecule has 1 fully saturated rings. The van der Waals surface area contributed by atoms with Crippen LogP contribution < -0.4 is 11.3 Å². The molecule has 1 saturated carbocycles. The lowest BCUT2D eigenvalue weighted by molar-refractivity contribution is 0.283. The van der Waals surface area contributed by atoms with E-state index in [2.05, 4.69) is 5.43 Å². The molecule has 112 valence electrons. The lowest BCUT2D eigenvalue weighted by Crippen LogP contribution is -2.34. The Hall–Kier alpha value is -1.00. The Labute approximate surface area is 119 Å². The molecule has 1 aliphatic carbocycles. The smallest absolute Gasteiger partial charge is 0.163 e. The number of hydrazine groups is 1. The quantitative estimate of drug-likeness (QED) is 0.646. The molecule has 0 amide bonds. The largest absolute Gasteiger partial charge is 0.271 e. The summed E-state index contributed by atoms with van der Waals surface area (Å²) in [6.07, 6.45) is 8.03. The highest BCUT2D eigenvalue weighted by Gasteiger charge is 2.26. The van der Waals surface area contributed by atoms with Gasteiger partial charge in [-0.2, -0.15) is 0 Å². The normalized spacial score (nSPS) is 19.4. The van der Waals surface area contributed by atoms with Gasteiger partial charge < -0.3 is 0 Å². The predicted octanol–water partition coefficient (Wildman–Crippen LogP) is 4.14. The third-order valence-electron chi connectivity index (χ3n) is 4.44. The Kier molecular flexibility index (Phi) is 5.49. The first-order valence-electron chi connectivity index (χ1n) is 7.55. The van der Waals surface area contributed by atoms with Crippen LogP contribution in [0.2, 0.25) is 0 Å². The van der Waals surface area contributed by atoms with Gasteiger partial charge in [-0.25, -0.2) is 8.78 Å². The zero-order chi connectivity index (χ0) is 14.5. The zero-order valence-electron chi connectivity index (χ0n) is 12.1. The van der Waals surface area contributed by atoms with Crippen molar-refractivity contribution < 1.29 is 8.78 Å². The monoisotopic (exact) mass is 282 g/mol. The van der Waals surface area contributed by atoms with Crippen LogP contribution in [0.15, 0.2) is 12.1 Å². The Balaban J connectivity index is 2.24. The second-order valence-corrected chi connectivity index (χ2v) is 5.85. The summed E-state index contributed by atoms with van der Waals surface area (Å²) in [5, 5.41) is 0. The van der Waals surface area contributed by atoms with E-state index in [9.17, 15) is 8.78 Å². The molecule has 0 spiro atoms. The Morgan fingerprint density at radius 2 is 1.65 bits per heavy atom. The molecule has 20 heavy (non-hydrogen) atoms. The van der Waals surface area contributed by atoms with Crippen molar-refractivity contribution in [2.75, 3.05) is 0 Å². The number of nitrogens with two attached hydrogens (primary N) is 1. The molecule has 0 saturated heterocycles. The second-order valence-electron chi connectivity index (χ2n) is 5.85. The summed E-state index contributed by atoms with van der Waals surface area (Å²) in [5.74, 6) is 4.41. The van der Waals surface area contributed by atoms with Crippen LogP contribution in [-0.4, -0.2) is 0 Å². The van der Waals surface area contributed by atoms with E-state index in [0.717, 1.165) is 25.7 Å². The maximum absolute atomic E-state index is 14.2. The average Bonchev–Trinajstić information content (AvgIpc) is 2.41. The van der Waals surface area contributed by atoms with Crippen molar-refractivity contribution >= 4 is 0 Å². The maximum atomic E-state index is 14.2. The molecule has 0 aliphatic heterocycles. The summed E-state index contributed by atoms with van der Waals surface area (Å²) in [6, 6.07) is 2.99. The molecule has 4 heteroatoms. The van der Waals surface area contributed by atoms with E-state index in [4.69, 9.17) is 5.84 Å². The molecule has 0 heterocycles. The summed E-state index contributed by atoms with van der Waals surface area (Å²) in [4.78, 5) is 0. The fraction of sp³-hybridized carbons (Fsp3) is 0.625. The van der Waals surface area contributed by atoms with Crippen LogP contribution in [-0.2, 0) is 0 Å². The molecular weight excluding hydrogens is 258 g/mol. The fourth-order valence-electron chi connectivity index (χ4n) is 3.20. The Morgan fingerprint density at radius 1 is 1.05 bits per heavy atom. The number of halogens is 2. The van der Waals surface area contributed by atoms with Gasteiger partial charge in [-0.05, 0) is 31.2 Å². The van der Waals surface area contributed by atoms with E-state index in [0.29, 0.717) is 11.1 Å². The highest BCUT2D eigenvalue weighted by Crippen LogP contribution is 2.34. The standard InChI is InChI=1S/C16H24F2N2/c1-11-9-10-13(15(18)14(11)17)16(20-19)12-7-5-3-2-4-6-8-12/h9-10,12,16,20H,2-8,19H2,1H3. The van der Waals surface area contributed by atoms with Crippen LogP contribution in [0.5, 0.6) is 0 Å². The summed E-state index contributed by atoms with van der Waals surface area (Å²) < 4.78 is 27.9. The van der Waals surface area contributed by atoms with Gasteiger partial charge in [-0.3, -0.25) is 11.3 Å². The summed E-state index contributed by atoms with van der Waals surface area (Å²) >= 11 is 0. The van der Waals surface area contributed by atoms with Crippen molar-refractivity contribution in [3.05, 3.63) is 34.9 Å². The first-order valence-corrected chi connectivity index (χ1v) is 7.55. The number of benzene rings is 1. The highest BCUT2D eigenvalue weighted by molar-refractivity contribution is 5.28. The molecule has 2 nitrogen and oxygen atoms in total. The number of hydrogen-bond acceptors (Lipinski definition) is 2. The Morgan fingerprint density at radius 3 is 2.25 bits per heavy atom. The third-order valence-corrected chi connectivity index (χ3v) is 4.44. The van der Waals surface area contributed by atoms with Gasteiger partial charge >= 0.3 is 0 Å². The number of hydrogen-bond donors (Lipinski definition) is 2. The topological polar surface area (TPSA) is 38.0 Å². The van der Waals surface area contributed by atoms with Crippen molar-refractivity contribution in [3.8, 4) is 0 Å². The van der Waals surface area contributed by atoms with E-state index < -0.39 is 11.6 Å². The summed E-state index contributed by atoms with van der Waals surface area (Å²) in [5.41, 5.74) is 3.41. The van der Waals surface area contributed by atoms with Crippen LogP contribution >= 0.6 is 0 Å². The second kappa shape index (κ2) is 7.14.